The standard InChI is InChI=1S/C14H10F2NO3P/c15-9-1-3-13-11(7-9)12-8-10(16)2-4-14(12)17(13)5-6-20-21(18)19/h1-4,7-8H,5-6H2/p+1. The Kier molecular flexibility index (Phi) is 3.68. The first-order chi connectivity index (χ1) is 10.1. The topological polar surface area (TPSA) is 51.5 Å². The molecule has 3 aromatic rings. The molecule has 1 unspecified atom stereocenters. The van der Waals surface area contributed by atoms with E-state index in [0.717, 1.165) is 0 Å². The van der Waals surface area contributed by atoms with Crippen molar-refractivity contribution in [1.29, 1.82) is 0 Å². The van der Waals surface area contributed by atoms with E-state index in [1.807, 2.05) is 4.57 Å². The molecular formula is C14H11F2NO3P+. The van der Waals surface area contributed by atoms with Crippen molar-refractivity contribution < 1.29 is 22.8 Å². The third-order valence-corrected chi connectivity index (χ3v) is 3.71. The highest BCUT2D eigenvalue weighted by Gasteiger charge is 2.15. The Morgan fingerprint density at radius 3 is 2.05 bits per heavy atom. The van der Waals surface area contributed by atoms with Crippen LogP contribution in [0, 0.1) is 11.6 Å². The predicted molar refractivity (Wildman–Crippen MR) is 75.1 cm³/mol. The van der Waals surface area contributed by atoms with Crippen molar-refractivity contribution in [2.75, 3.05) is 6.61 Å². The molecule has 0 spiro atoms. The van der Waals surface area contributed by atoms with Crippen molar-refractivity contribution in [3.05, 3.63) is 48.0 Å². The van der Waals surface area contributed by atoms with Crippen molar-refractivity contribution in [3.63, 3.8) is 0 Å². The molecule has 0 saturated carbocycles. The molecule has 1 atom stereocenters. The lowest BCUT2D eigenvalue weighted by molar-refractivity contribution is 0.271. The predicted octanol–water partition coefficient (Wildman–Crippen LogP) is 3.74. The second-order valence-electron chi connectivity index (χ2n) is 4.55. The fourth-order valence-electron chi connectivity index (χ4n) is 2.50. The van der Waals surface area contributed by atoms with Gasteiger partial charge in [-0.3, -0.25) is 0 Å². The number of halogens is 2. The number of benzene rings is 2. The van der Waals surface area contributed by atoms with Gasteiger partial charge in [0.25, 0.3) is 0 Å². The number of fused-ring (bicyclic) bond motifs is 3. The summed E-state index contributed by atoms with van der Waals surface area (Å²) in [6, 6.07) is 8.54. The van der Waals surface area contributed by atoms with Crippen LogP contribution >= 0.6 is 8.25 Å². The van der Waals surface area contributed by atoms with Crippen molar-refractivity contribution in [1.82, 2.24) is 4.57 Å². The molecule has 2 aromatic carbocycles. The van der Waals surface area contributed by atoms with Crippen LogP contribution in [0.1, 0.15) is 0 Å². The quantitative estimate of drug-likeness (QED) is 0.747. The normalized spacial score (nSPS) is 12.2. The summed E-state index contributed by atoms with van der Waals surface area (Å²) >= 11 is 0. The first-order valence-electron chi connectivity index (χ1n) is 6.22. The zero-order valence-electron chi connectivity index (χ0n) is 10.8. The van der Waals surface area contributed by atoms with Gasteiger partial charge in [0.2, 0.25) is 0 Å². The third kappa shape index (κ3) is 2.65. The molecule has 0 bridgehead atoms. The Morgan fingerprint density at radius 1 is 1.05 bits per heavy atom. The Morgan fingerprint density at radius 2 is 1.57 bits per heavy atom. The largest absolute Gasteiger partial charge is 0.694 e. The molecule has 0 amide bonds. The number of nitrogens with zero attached hydrogens (tertiary/aromatic N) is 1. The molecule has 0 fully saturated rings. The second kappa shape index (κ2) is 5.48. The smallest absolute Gasteiger partial charge is 0.338 e. The van der Waals surface area contributed by atoms with E-state index in [0.29, 0.717) is 28.4 Å². The molecule has 4 nitrogen and oxygen atoms in total. The molecule has 1 N–H and O–H groups in total. The minimum Gasteiger partial charge on any atom is -0.338 e. The lowest BCUT2D eigenvalue weighted by Gasteiger charge is -2.04. The van der Waals surface area contributed by atoms with Crippen LogP contribution in [-0.2, 0) is 15.6 Å². The summed E-state index contributed by atoms with van der Waals surface area (Å²) in [6.07, 6.45) is 0. The number of rotatable bonds is 4. The van der Waals surface area contributed by atoms with Gasteiger partial charge in [-0.05, 0) is 36.4 Å². The van der Waals surface area contributed by atoms with Gasteiger partial charge in [-0.1, -0.05) is 0 Å². The van der Waals surface area contributed by atoms with Crippen LogP contribution in [0.2, 0.25) is 0 Å². The molecular weight excluding hydrogens is 299 g/mol. The van der Waals surface area contributed by atoms with Gasteiger partial charge in [-0.25, -0.2) is 8.78 Å². The van der Waals surface area contributed by atoms with E-state index in [-0.39, 0.29) is 6.61 Å². The van der Waals surface area contributed by atoms with Gasteiger partial charge in [0.05, 0.1) is 6.54 Å². The van der Waals surface area contributed by atoms with Crippen LogP contribution in [0.5, 0.6) is 0 Å². The Labute approximate surface area is 119 Å². The van der Waals surface area contributed by atoms with Crippen molar-refractivity contribution in [2.45, 2.75) is 6.54 Å². The van der Waals surface area contributed by atoms with Crippen LogP contribution in [0.3, 0.4) is 0 Å². The molecule has 1 aromatic heterocycles. The molecule has 108 valence electrons. The Hall–Kier alpha value is -1.88. The summed E-state index contributed by atoms with van der Waals surface area (Å²) in [5.74, 6) is -0.805. The minimum absolute atomic E-state index is 0.0271. The molecule has 3 rings (SSSR count). The van der Waals surface area contributed by atoms with E-state index in [9.17, 15) is 13.3 Å². The summed E-state index contributed by atoms with van der Waals surface area (Å²) in [7, 11) is -2.66. The van der Waals surface area contributed by atoms with Crippen LogP contribution in [-0.4, -0.2) is 16.1 Å². The molecule has 7 heteroatoms. The average molecular weight is 310 g/mol. The van der Waals surface area contributed by atoms with Gasteiger partial charge in [0, 0.05) is 26.4 Å². The third-order valence-electron chi connectivity index (χ3n) is 3.31. The molecule has 0 aliphatic carbocycles. The second-order valence-corrected chi connectivity index (χ2v) is 5.28. The number of hydrogen-bond donors (Lipinski definition) is 1. The molecule has 0 saturated heterocycles. The molecule has 0 aliphatic rings. The summed E-state index contributed by atoms with van der Waals surface area (Å²) in [6.45, 7) is 0.332. The maximum absolute atomic E-state index is 13.4. The zero-order chi connectivity index (χ0) is 15.0. The van der Waals surface area contributed by atoms with E-state index >= 15 is 0 Å². The number of hydrogen-bond acceptors (Lipinski definition) is 2. The summed E-state index contributed by atoms with van der Waals surface area (Å²) < 4.78 is 43.9. The van der Waals surface area contributed by atoms with E-state index in [2.05, 4.69) is 4.52 Å². The SMILES string of the molecule is O=[P+](O)OCCn1c2ccc(F)cc2c2cc(F)ccc21. The number of aromatic nitrogens is 1. The van der Waals surface area contributed by atoms with E-state index in [1.54, 1.807) is 12.1 Å². The Bertz CT molecular complexity index is 788. The van der Waals surface area contributed by atoms with E-state index in [1.165, 1.54) is 24.3 Å². The molecule has 1 heterocycles. The maximum atomic E-state index is 13.4. The van der Waals surface area contributed by atoms with Gasteiger partial charge >= 0.3 is 8.25 Å². The van der Waals surface area contributed by atoms with Gasteiger partial charge in [-0.2, -0.15) is 0 Å². The van der Waals surface area contributed by atoms with Crippen molar-refractivity contribution >= 4 is 30.1 Å². The molecule has 0 aliphatic heterocycles. The average Bonchev–Trinajstić information content (AvgIpc) is 2.72. The van der Waals surface area contributed by atoms with Crippen LogP contribution in [0.4, 0.5) is 8.78 Å². The van der Waals surface area contributed by atoms with Gasteiger partial charge < -0.3 is 4.57 Å². The van der Waals surface area contributed by atoms with Gasteiger partial charge in [-0.15, -0.1) is 9.42 Å². The van der Waals surface area contributed by atoms with E-state index in [4.69, 9.17) is 4.89 Å². The first-order valence-corrected chi connectivity index (χ1v) is 7.35. The van der Waals surface area contributed by atoms with E-state index < -0.39 is 19.9 Å². The monoisotopic (exact) mass is 310 g/mol. The molecule has 21 heavy (non-hydrogen) atoms. The van der Waals surface area contributed by atoms with Gasteiger partial charge in [0.1, 0.15) is 18.2 Å². The van der Waals surface area contributed by atoms with Crippen LogP contribution in [0.25, 0.3) is 21.8 Å². The lowest BCUT2D eigenvalue weighted by atomic mass is 10.1. The van der Waals surface area contributed by atoms with Crippen LogP contribution in [0.15, 0.2) is 36.4 Å². The van der Waals surface area contributed by atoms with Crippen molar-refractivity contribution in [3.8, 4) is 0 Å². The highest BCUT2D eigenvalue weighted by molar-refractivity contribution is 7.32. The highest BCUT2D eigenvalue weighted by atomic mass is 31.1. The first kappa shape index (κ1) is 14.1. The fourth-order valence-corrected chi connectivity index (χ4v) is 2.74. The van der Waals surface area contributed by atoms with Crippen LogP contribution < -0.4 is 0 Å². The summed E-state index contributed by atoms with van der Waals surface area (Å²) in [5.41, 5.74) is 1.43. The fraction of sp³-hybridized carbons (Fsp3) is 0.143. The van der Waals surface area contributed by atoms with Gasteiger partial charge in [0.15, 0.2) is 0 Å². The Balaban J connectivity index is 2.17. The maximum Gasteiger partial charge on any atom is 0.694 e. The lowest BCUT2D eigenvalue weighted by Crippen LogP contribution is -2.03. The molecule has 0 radical (unpaired) electrons. The van der Waals surface area contributed by atoms with Crippen molar-refractivity contribution in [2.24, 2.45) is 0 Å². The minimum atomic E-state index is -2.66. The summed E-state index contributed by atoms with van der Waals surface area (Å²) in [4.78, 5) is 8.66. The summed E-state index contributed by atoms with van der Waals surface area (Å²) in [5, 5.41) is 1.19. The highest BCUT2D eigenvalue weighted by Crippen LogP contribution is 2.30. The zero-order valence-corrected chi connectivity index (χ0v) is 11.7.